The third kappa shape index (κ3) is 5.48. The van der Waals surface area contributed by atoms with Crippen LogP contribution in [-0.4, -0.2) is 70.4 Å². The van der Waals surface area contributed by atoms with E-state index in [1.807, 2.05) is 74.3 Å². The van der Waals surface area contributed by atoms with Crippen LogP contribution in [0.4, 0.5) is 11.4 Å². The number of nitrogens with one attached hydrogen (secondary N) is 3. The SMILES string of the molecule is CCN1C(=O)C2C(Nc3cccc(NC(=O)CN(C)Cc4cccc(C)c4)c3)C2SC12C(C#N)C2C(=O)NCC#N. The van der Waals surface area contributed by atoms with E-state index in [9.17, 15) is 19.6 Å². The first kappa shape index (κ1) is 28.5. The lowest BCUT2D eigenvalue weighted by Gasteiger charge is -2.35. The van der Waals surface area contributed by atoms with Crippen molar-refractivity contribution in [2.24, 2.45) is 17.8 Å². The third-order valence-electron chi connectivity index (χ3n) is 7.87. The van der Waals surface area contributed by atoms with E-state index in [0.29, 0.717) is 18.8 Å². The van der Waals surface area contributed by atoms with Gasteiger partial charge in [-0.3, -0.25) is 19.3 Å². The van der Waals surface area contributed by atoms with Crippen LogP contribution in [0.1, 0.15) is 18.1 Å². The summed E-state index contributed by atoms with van der Waals surface area (Å²) in [6, 6.07) is 19.6. The molecule has 1 saturated heterocycles. The molecule has 0 aromatic heterocycles. The summed E-state index contributed by atoms with van der Waals surface area (Å²) in [4.78, 5) is 41.7. The van der Waals surface area contributed by atoms with Crippen LogP contribution >= 0.6 is 11.8 Å². The van der Waals surface area contributed by atoms with Gasteiger partial charge in [0.25, 0.3) is 0 Å². The van der Waals surface area contributed by atoms with Crippen LogP contribution in [0.15, 0.2) is 48.5 Å². The van der Waals surface area contributed by atoms with Gasteiger partial charge in [-0.1, -0.05) is 35.9 Å². The van der Waals surface area contributed by atoms with E-state index in [1.165, 1.54) is 17.3 Å². The number of carbonyl (C=O) groups is 3. The number of likely N-dealkylation sites (N-methyl/N-ethyl adjacent to an activating group) is 1. The Kier molecular flexibility index (Phi) is 7.94. The summed E-state index contributed by atoms with van der Waals surface area (Å²) in [7, 11) is 1.91. The average Bonchev–Trinajstić information content (AvgIpc) is 3.80. The van der Waals surface area contributed by atoms with Gasteiger partial charge >= 0.3 is 0 Å². The zero-order chi connectivity index (χ0) is 29.3. The van der Waals surface area contributed by atoms with E-state index >= 15 is 0 Å². The minimum atomic E-state index is -0.905. The Morgan fingerprint density at radius 3 is 2.61 bits per heavy atom. The van der Waals surface area contributed by atoms with Crippen LogP contribution < -0.4 is 16.0 Å². The molecule has 2 aliphatic carbocycles. The molecule has 5 rings (SSSR count). The number of amides is 3. The zero-order valence-corrected chi connectivity index (χ0v) is 24.1. The Hall–Kier alpha value is -4.06. The molecule has 11 heteroatoms. The van der Waals surface area contributed by atoms with E-state index in [-0.39, 0.29) is 48.0 Å². The van der Waals surface area contributed by atoms with Crippen molar-refractivity contribution in [3.63, 3.8) is 0 Å². The van der Waals surface area contributed by atoms with Gasteiger partial charge in [0.1, 0.15) is 11.4 Å². The number of fused-ring (bicyclic) bond motifs is 1. The van der Waals surface area contributed by atoms with Gasteiger partial charge in [-0.25, -0.2) is 0 Å². The molecule has 2 aromatic rings. The number of aryl methyl sites for hydroxylation is 1. The number of thioether (sulfide) groups is 1. The fourth-order valence-corrected chi connectivity index (χ4v) is 8.18. The van der Waals surface area contributed by atoms with Crippen LogP contribution in [0.2, 0.25) is 0 Å². The standard InChI is InChI=1S/C30H33N7O3S/c1-4-37-29(40)24-26(27(24)41-30(37)22(15-32)25(30)28(39)33-12-11-31)35-21-10-6-9-20(14-21)34-23(38)17-36(3)16-19-8-5-7-18(2)13-19/h5-10,13-14,22,24-27,35H,4,12,16-17H2,1-3H3,(H,33,39)(H,34,38). The fourth-order valence-electron chi connectivity index (χ4n) is 6.01. The van der Waals surface area contributed by atoms with Crippen LogP contribution in [0.3, 0.4) is 0 Å². The molecule has 0 radical (unpaired) electrons. The monoisotopic (exact) mass is 571 g/mol. The molecular formula is C30H33N7O3S. The summed E-state index contributed by atoms with van der Waals surface area (Å²) in [5, 5.41) is 27.5. The summed E-state index contributed by atoms with van der Waals surface area (Å²) >= 11 is 1.52. The quantitative estimate of drug-likeness (QED) is 0.370. The molecule has 1 spiro atoms. The van der Waals surface area contributed by atoms with E-state index in [1.54, 1.807) is 4.90 Å². The summed E-state index contributed by atoms with van der Waals surface area (Å²) in [5.74, 6) is -2.11. The first-order valence-electron chi connectivity index (χ1n) is 13.7. The number of hydrogen-bond donors (Lipinski definition) is 3. The molecule has 1 aliphatic heterocycles. The maximum atomic E-state index is 13.5. The van der Waals surface area contributed by atoms with Crippen molar-refractivity contribution in [2.45, 2.75) is 36.6 Å². The summed E-state index contributed by atoms with van der Waals surface area (Å²) < 4.78 is 0. The number of nitrogens with zero attached hydrogens (tertiary/aromatic N) is 4. The molecule has 6 unspecified atom stereocenters. The number of nitriles is 2. The Morgan fingerprint density at radius 1 is 1.15 bits per heavy atom. The third-order valence-corrected chi connectivity index (χ3v) is 9.84. The van der Waals surface area contributed by atoms with Crippen molar-refractivity contribution >= 4 is 40.9 Å². The summed E-state index contributed by atoms with van der Waals surface area (Å²) in [5.41, 5.74) is 3.76. The van der Waals surface area contributed by atoms with Gasteiger partial charge in [-0.15, -0.1) is 11.8 Å². The van der Waals surface area contributed by atoms with Gasteiger partial charge in [0.05, 0.1) is 42.5 Å². The Bertz CT molecular complexity index is 1450. The maximum Gasteiger partial charge on any atom is 0.238 e. The predicted octanol–water partition coefficient (Wildman–Crippen LogP) is 2.55. The normalized spacial score (nSPS) is 27.4. The molecule has 0 bridgehead atoms. The number of carbonyl (C=O) groups excluding carboxylic acids is 3. The van der Waals surface area contributed by atoms with Gasteiger partial charge < -0.3 is 20.9 Å². The molecular weight excluding hydrogens is 538 g/mol. The molecule has 41 heavy (non-hydrogen) atoms. The maximum absolute atomic E-state index is 13.5. The van der Waals surface area contributed by atoms with Crippen molar-refractivity contribution < 1.29 is 14.4 Å². The second-order valence-corrected chi connectivity index (χ2v) is 12.3. The first-order chi connectivity index (χ1) is 19.7. The lowest BCUT2D eigenvalue weighted by Crippen LogP contribution is -2.48. The van der Waals surface area contributed by atoms with Gasteiger partial charge in [-0.2, -0.15) is 10.5 Å². The van der Waals surface area contributed by atoms with Crippen molar-refractivity contribution in [1.29, 1.82) is 10.5 Å². The highest BCUT2D eigenvalue weighted by Gasteiger charge is 2.80. The molecule has 3 N–H and O–H groups in total. The molecule has 3 fully saturated rings. The molecule has 10 nitrogen and oxygen atoms in total. The summed E-state index contributed by atoms with van der Waals surface area (Å²) in [6.07, 6.45) is 0. The van der Waals surface area contributed by atoms with Crippen molar-refractivity contribution in [3.05, 3.63) is 59.7 Å². The Morgan fingerprint density at radius 2 is 1.90 bits per heavy atom. The van der Waals surface area contributed by atoms with Crippen LogP contribution in [0.25, 0.3) is 0 Å². The van der Waals surface area contributed by atoms with E-state index in [2.05, 4.69) is 28.1 Å². The van der Waals surface area contributed by atoms with E-state index in [4.69, 9.17) is 5.26 Å². The molecule has 3 aliphatic rings. The molecule has 6 atom stereocenters. The van der Waals surface area contributed by atoms with Gasteiger partial charge in [0.15, 0.2) is 0 Å². The Labute approximate surface area is 244 Å². The minimum absolute atomic E-state index is 0.0642. The molecule has 212 valence electrons. The highest BCUT2D eigenvalue weighted by molar-refractivity contribution is 8.02. The molecule has 3 amide bonds. The number of hydrogen-bond acceptors (Lipinski definition) is 8. The van der Waals surface area contributed by atoms with Crippen molar-refractivity contribution in [1.82, 2.24) is 15.1 Å². The summed E-state index contributed by atoms with van der Waals surface area (Å²) in [6.45, 7) is 5.05. The predicted molar refractivity (Wildman–Crippen MR) is 156 cm³/mol. The lowest BCUT2D eigenvalue weighted by molar-refractivity contribution is -0.134. The van der Waals surface area contributed by atoms with Gasteiger partial charge in [-0.05, 0) is 44.7 Å². The van der Waals surface area contributed by atoms with Crippen LogP contribution in [0, 0.1) is 47.3 Å². The molecule has 2 saturated carbocycles. The number of rotatable bonds is 10. The minimum Gasteiger partial charge on any atom is -0.380 e. The first-order valence-corrected chi connectivity index (χ1v) is 14.6. The average molecular weight is 572 g/mol. The largest absolute Gasteiger partial charge is 0.380 e. The van der Waals surface area contributed by atoms with E-state index < -0.39 is 16.7 Å². The molecule has 2 aromatic carbocycles. The fraction of sp³-hybridized carbons (Fsp3) is 0.433. The lowest BCUT2D eigenvalue weighted by atomic mass is 10.1. The van der Waals surface area contributed by atoms with Gasteiger partial charge in [0.2, 0.25) is 17.7 Å². The highest BCUT2D eigenvalue weighted by Crippen LogP contribution is 2.70. The van der Waals surface area contributed by atoms with Crippen molar-refractivity contribution in [3.8, 4) is 12.1 Å². The number of benzene rings is 2. The Balaban J connectivity index is 1.21. The highest BCUT2D eigenvalue weighted by atomic mass is 32.2. The zero-order valence-electron chi connectivity index (χ0n) is 23.3. The van der Waals surface area contributed by atoms with Crippen LogP contribution in [0.5, 0.6) is 0 Å². The smallest absolute Gasteiger partial charge is 0.238 e. The van der Waals surface area contributed by atoms with Gasteiger partial charge in [0, 0.05) is 29.7 Å². The second kappa shape index (κ2) is 11.4. The van der Waals surface area contributed by atoms with E-state index in [0.717, 1.165) is 11.3 Å². The number of anilines is 2. The molecule has 1 heterocycles. The van der Waals surface area contributed by atoms with Crippen LogP contribution in [-0.2, 0) is 20.9 Å². The topological polar surface area (TPSA) is 141 Å². The van der Waals surface area contributed by atoms with Crippen molar-refractivity contribution in [2.75, 3.05) is 37.3 Å². The second-order valence-electron chi connectivity index (χ2n) is 10.9.